The number of likely N-dealkylation sites (tertiary alicyclic amines) is 1. The molecule has 3 aliphatic heterocycles. The molecule has 0 radical (unpaired) electrons. The summed E-state index contributed by atoms with van der Waals surface area (Å²) in [7, 11) is 0. The molecule has 2 amide bonds. The maximum absolute atomic E-state index is 12.8. The van der Waals surface area contributed by atoms with Crippen molar-refractivity contribution < 1.29 is 14.3 Å². The Kier molecular flexibility index (Phi) is 3.88. The lowest BCUT2D eigenvalue weighted by Gasteiger charge is -2.41. The highest BCUT2D eigenvalue weighted by molar-refractivity contribution is 5.95. The first-order valence-electron chi connectivity index (χ1n) is 9.53. The lowest BCUT2D eigenvalue weighted by atomic mass is 9.94. The highest BCUT2D eigenvalue weighted by Crippen LogP contribution is 2.31. The molecule has 2 saturated heterocycles. The van der Waals surface area contributed by atoms with Crippen molar-refractivity contribution >= 4 is 17.5 Å². The van der Waals surface area contributed by atoms with Gasteiger partial charge in [0, 0.05) is 32.3 Å². The molecular formula is C20H22N4O3. The van der Waals surface area contributed by atoms with E-state index in [4.69, 9.17) is 4.74 Å². The lowest BCUT2D eigenvalue weighted by molar-refractivity contribution is -0.143. The van der Waals surface area contributed by atoms with Crippen molar-refractivity contribution in [3.05, 3.63) is 42.2 Å². The minimum absolute atomic E-state index is 0.115. The van der Waals surface area contributed by atoms with Crippen molar-refractivity contribution in [1.29, 1.82) is 0 Å². The second-order valence-electron chi connectivity index (χ2n) is 7.54. The first-order chi connectivity index (χ1) is 13.2. The van der Waals surface area contributed by atoms with Crippen LogP contribution in [0.5, 0.6) is 5.75 Å². The largest absolute Gasteiger partial charge is 0.492 e. The molecule has 7 nitrogen and oxygen atoms in total. The molecule has 0 aliphatic carbocycles. The van der Waals surface area contributed by atoms with Gasteiger partial charge in [-0.1, -0.05) is 18.2 Å². The molecule has 1 aromatic carbocycles. The Hall–Kier alpha value is -2.83. The Morgan fingerprint density at radius 2 is 2.07 bits per heavy atom. The summed E-state index contributed by atoms with van der Waals surface area (Å²) in [5.41, 5.74) is 1.96. The number of amides is 2. The van der Waals surface area contributed by atoms with Gasteiger partial charge < -0.3 is 14.5 Å². The molecule has 1 unspecified atom stereocenters. The predicted molar refractivity (Wildman–Crippen MR) is 98.6 cm³/mol. The number of fused-ring (bicyclic) bond motifs is 1. The second kappa shape index (κ2) is 6.40. The van der Waals surface area contributed by atoms with Crippen molar-refractivity contribution in [3.63, 3.8) is 0 Å². The molecule has 4 heterocycles. The predicted octanol–water partition coefficient (Wildman–Crippen LogP) is 1.64. The van der Waals surface area contributed by atoms with Crippen LogP contribution < -0.4 is 9.64 Å². The number of aromatic nitrogens is 2. The fourth-order valence-corrected chi connectivity index (χ4v) is 4.14. The van der Waals surface area contributed by atoms with E-state index in [2.05, 4.69) is 5.10 Å². The van der Waals surface area contributed by atoms with Gasteiger partial charge in [-0.2, -0.15) is 5.10 Å². The van der Waals surface area contributed by atoms with Gasteiger partial charge in [-0.05, 0) is 24.5 Å². The summed E-state index contributed by atoms with van der Waals surface area (Å²) >= 11 is 0. The summed E-state index contributed by atoms with van der Waals surface area (Å²) in [5.74, 6) is 1.10. The molecule has 0 saturated carbocycles. The zero-order chi connectivity index (χ0) is 18.4. The van der Waals surface area contributed by atoms with Gasteiger partial charge in [-0.3, -0.25) is 14.3 Å². The maximum atomic E-state index is 12.8. The van der Waals surface area contributed by atoms with Crippen LogP contribution in [0.1, 0.15) is 24.4 Å². The zero-order valence-corrected chi connectivity index (χ0v) is 15.1. The van der Waals surface area contributed by atoms with Gasteiger partial charge in [0.2, 0.25) is 11.8 Å². The molecule has 0 N–H and O–H groups in total. The number of ether oxygens (including phenoxy) is 1. The van der Waals surface area contributed by atoms with E-state index in [9.17, 15) is 9.59 Å². The minimum atomic E-state index is -0.115. The molecule has 5 rings (SSSR count). The van der Waals surface area contributed by atoms with Gasteiger partial charge in [0.15, 0.2) is 0 Å². The van der Waals surface area contributed by atoms with Gasteiger partial charge >= 0.3 is 0 Å². The Labute approximate surface area is 157 Å². The van der Waals surface area contributed by atoms with Crippen LogP contribution in [-0.2, 0) is 16.0 Å². The van der Waals surface area contributed by atoms with E-state index in [1.54, 1.807) is 11.1 Å². The fraction of sp³-hybridized carbons (Fsp3) is 0.450. The quantitative estimate of drug-likeness (QED) is 0.828. The van der Waals surface area contributed by atoms with E-state index in [1.165, 1.54) is 0 Å². The molecule has 1 aromatic heterocycles. The topological polar surface area (TPSA) is 67.7 Å². The van der Waals surface area contributed by atoms with Crippen LogP contribution in [0, 0.1) is 5.92 Å². The Morgan fingerprint density at radius 3 is 2.89 bits per heavy atom. The van der Waals surface area contributed by atoms with Gasteiger partial charge in [0.05, 0.1) is 23.8 Å². The highest BCUT2D eigenvalue weighted by Gasteiger charge is 2.37. The van der Waals surface area contributed by atoms with Crippen LogP contribution in [-0.4, -0.2) is 52.7 Å². The average Bonchev–Trinajstić information content (AvgIpc) is 3.29. The van der Waals surface area contributed by atoms with Gasteiger partial charge in [0.25, 0.3) is 0 Å². The SMILES string of the molecule is O=C(C1COc2ccccc2C1)N1CC(n2cc(N3CCCC3=O)cn2)C1. The molecular weight excluding hydrogens is 344 g/mol. The number of para-hydroxylation sites is 1. The third kappa shape index (κ3) is 2.87. The molecule has 27 heavy (non-hydrogen) atoms. The smallest absolute Gasteiger partial charge is 0.229 e. The van der Waals surface area contributed by atoms with Crippen molar-refractivity contribution in [2.75, 3.05) is 31.1 Å². The maximum Gasteiger partial charge on any atom is 0.229 e. The first kappa shape index (κ1) is 16.4. The van der Waals surface area contributed by atoms with E-state index in [0.717, 1.165) is 36.4 Å². The first-order valence-corrected chi connectivity index (χ1v) is 9.53. The van der Waals surface area contributed by atoms with Crippen LogP contribution in [0.3, 0.4) is 0 Å². The van der Waals surface area contributed by atoms with Crippen LogP contribution in [0.4, 0.5) is 5.69 Å². The summed E-state index contributed by atoms with van der Waals surface area (Å²) < 4.78 is 7.64. The third-order valence-corrected chi connectivity index (χ3v) is 5.75. The molecule has 2 aromatic rings. The zero-order valence-electron chi connectivity index (χ0n) is 15.1. The standard InChI is InChI=1S/C20H22N4O3/c25-19-6-3-7-23(19)16-9-21-24(12-16)17-10-22(11-17)20(26)15-8-14-4-1-2-5-18(14)27-13-15/h1-2,4-5,9,12,15,17H,3,6-8,10-11,13H2. The number of rotatable bonds is 3. The summed E-state index contributed by atoms with van der Waals surface area (Å²) in [4.78, 5) is 28.3. The van der Waals surface area contributed by atoms with E-state index in [0.29, 0.717) is 26.1 Å². The van der Waals surface area contributed by atoms with Gasteiger partial charge in [0.1, 0.15) is 12.4 Å². The van der Waals surface area contributed by atoms with Crippen molar-refractivity contribution in [2.45, 2.75) is 25.3 Å². The molecule has 140 valence electrons. The fourth-order valence-electron chi connectivity index (χ4n) is 4.14. The minimum Gasteiger partial charge on any atom is -0.492 e. The number of anilines is 1. The van der Waals surface area contributed by atoms with E-state index >= 15 is 0 Å². The lowest BCUT2D eigenvalue weighted by Crippen LogP contribution is -2.54. The highest BCUT2D eigenvalue weighted by atomic mass is 16.5. The number of nitrogens with zero attached hydrogens (tertiary/aromatic N) is 4. The summed E-state index contributed by atoms with van der Waals surface area (Å²) in [6.45, 7) is 2.53. The van der Waals surface area contributed by atoms with Crippen LogP contribution in [0.15, 0.2) is 36.7 Å². The molecule has 0 spiro atoms. The van der Waals surface area contributed by atoms with E-state index in [-0.39, 0.29) is 23.8 Å². The molecule has 1 atom stereocenters. The average molecular weight is 366 g/mol. The van der Waals surface area contributed by atoms with E-state index in [1.807, 2.05) is 40.0 Å². The Morgan fingerprint density at radius 1 is 1.22 bits per heavy atom. The van der Waals surface area contributed by atoms with Gasteiger partial charge in [-0.15, -0.1) is 0 Å². The second-order valence-corrected chi connectivity index (χ2v) is 7.54. The number of benzene rings is 1. The summed E-state index contributed by atoms with van der Waals surface area (Å²) in [5, 5.41) is 4.41. The Bertz CT molecular complexity index is 887. The van der Waals surface area contributed by atoms with Crippen LogP contribution >= 0.6 is 0 Å². The monoisotopic (exact) mass is 366 g/mol. The molecule has 3 aliphatic rings. The molecule has 2 fully saturated rings. The molecule has 0 bridgehead atoms. The van der Waals surface area contributed by atoms with E-state index < -0.39 is 0 Å². The molecule has 7 heteroatoms. The summed E-state index contributed by atoms with van der Waals surface area (Å²) in [6.07, 6.45) is 5.93. The van der Waals surface area contributed by atoms with Crippen molar-refractivity contribution in [2.24, 2.45) is 5.92 Å². The van der Waals surface area contributed by atoms with Crippen molar-refractivity contribution in [1.82, 2.24) is 14.7 Å². The number of carbonyl (C=O) groups is 2. The van der Waals surface area contributed by atoms with Gasteiger partial charge in [-0.25, -0.2) is 0 Å². The number of hydrogen-bond donors (Lipinski definition) is 0. The van der Waals surface area contributed by atoms with Crippen molar-refractivity contribution in [3.8, 4) is 5.75 Å². The van der Waals surface area contributed by atoms with Crippen LogP contribution in [0.25, 0.3) is 0 Å². The third-order valence-electron chi connectivity index (χ3n) is 5.75. The summed E-state index contributed by atoms with van der Waals surface area (Å²) in [6, 6.07) is 8.09. The number of carbonyl (C=O) groups excluding carboxylic acids is 2. The van der Waals surface area contributed by atoms with Crippen LogP contribution in [0.2, 0.25) is 0 Å². The number of hydrogen-bond acceptors (Lipinski definition) is 4. The Balaban J connectivity index is 1.19. The normalized spacial score (nSPS) is 22.4.